The van der Waals surface area contributed by atoms with E-state index in [-0.39, 0.29) is 18.0 Å². The van der Waals surface area contributed by atoms with E-state index in [9.17, 15) is 4.79 Å². The van der Waals surface area contributed by atoms with Crippen LogP contribution in [-0.4, -0.2) is 21.7 Å². The maximum atomic E-state index is 12.4. The topological polar surface area (TPSA) is 59.0 Å². The third-order valence-electron chi connectivity index (χ3n) is 3.78. The number of nitrogens with zero attached hydrogens (tertiary/aromatic N) is 2. The third-order valence-corrected chi connectivity index (χ3v) is 3.78. The molecule has 0 saturated carbocycles. The van der Waals surface area contributed by atoms with Gasteiger partial charge in [0.15, 0.2) is 0 Å². The van der Waals surface area contributed by atoms with Crippen LogP contribution < -0.4 is 10.6 Å². The van der Waals surface area contributed by atoms with Gasteiger partial charge in [-0.3, -0.25) is 4.79 Å². The summed E-state index contributed by atoms with van der Waals surface area (Å²) in [4.78, 5) is 12.4. The fraction of sp³-hybridized carbons (Fsp3) is 0.412. The van der Waals surface area contributed by atoms with Gasteiger partial charge in [0.05, 0.1) is 6.20 Å². The first kappa shape index (κ1) is 16.1. The highest BCUT2D eigenvalue weighted by molar-refractivity contribution is 5.95. The molecule has 0 fully saturated rings. The van der Waals surface area contributed by atoms with Gasteiger partial charge in [-0.1, -0.05) is 12.1 Å². The molecule has 0 saturated heterocycles. The van der Waals surface area contributed by atoms with Crippen molar-refractivity contribution in [2.24, 2.45) is 0 Å². The normalized spacial score (nSPS) is 12.3. The van der Waals surface area contributed by atoms with Gasteiger partial charge in [-0.25, -0.2) is 4.68 Å². The molecule has 1 amide bonds. The van der Waals surface area contributed by atoms with Crippen molar-refractivity contribution in [1.82, 2.24) is 9.78 Å². The summed E-state index contributed by atoms with van der Waals surface area (Å²) in [6.07, 6.45) is 1.69. The first-order valence-corrected chi connectivity index (χ1v) is 7.57. The Morgan fingerprint density at radius 2 is 1.91 bits per heavy atom. The molecular weight excluding hydrogens is 276 g/mol. The molecule has 0 aliphatic carbocycles. The van der Waals surface area contributed by atoms with Gasteiger partial charge in [0.2, 0.25) is 5.91 Å². The van der Waals surface area contributed by atoms with Crippen molar-refractivity contribution >= 4 is 17.4 Å². The van der Waals surface area contributed by atoms with Crippen LogP contribution in [-0.2, 0) is 4.79 Å². The molecule has 5 nitrogen and oxygen atoms in total. The van der Waals surface area contributed by atoms with Crippen LogP contribution >= 0.6 is 0 Å². The number of amides is 1. The van der Waals surface area contributed by atoms with Gasteiger partial charge in [-0.15, -0.1) is 0 Å². The maximum absolute atomic E-state index is 12.4. The zero-order chi connectivity index (χ0) is 16.3. The summed E-state index contributed by atoms with van der Waals surface area (Å²) in [5.41, 5.74) is 3.35. The lowest BCUT2D eigenvalue weighted by atomic mass is 10.1. The molecule has 1 atom stereocenters. The van der Waals surface area contributed by atoms with Crippen molar-refractivity contribution in [1.29, 1.82) is 0 Å². The first-order valence-electron chi connectivity index (χ1n) is 7.57. The van der Waals surface area contributed by atoms with Gasteiger partial charge in [0, 0.05) is 17.8 Å². The zero-order valence-corrected chi connectivity index (χ0v) is 13.8. The van der Waals surface area contributed by atoms with E-state index in [0.717, 1.165) is 17.1 Å². The number of hydrogen-bond donors (Lipinski definition) is 2. The molecule has 2 N–H and O–H groups in total. The number of benzene rings is 1. The van der Waals surface area contributed by atoms with Gasteiger partial charge < -0.3 is 10.6 Å². The summed E-state index contributed by atoms with van der Waals surface area (Å²) in [5.74, 6) is 0.637. The monoisotopic (exact) mass is 300 g/mol. The molecule has 2 aromatic rings. The number of anilines is 2. The quantitative estimate of drug-likeness (QED) is 0.888. The largest absolute Gasteiger partial charge is 0.374 e. The maximum Gasteiger partial charge on any atom is 0.247 e. The Balaban J connectivity index is 2.06. The van der Waals surface area contributed by atoms with E-state index in [1.54, 1.807) is 10.9 Å². The third kappa shape index (κ3) is 3.47. The summed E-state index contributed by atoms with van der Waals surface area (Å²) >= 11 is 0. The summed E-state index contributed by atoms with van der Waals surface area (Å²) in [7, 11) is 0. The van der Waals surface area contributed by atoms with Crippen LogP contribution in [0, 0.1) is 13.8 Å². The average Bonchev–Trinajstić information content (AvgIpc) is 2.92. The van der Waals surface area contributed by atoms with Gasteiger partial charge in [0.25, 0.3) is 0 Å². The van der Waals surface area contributed by atoms with E-state index in [2.05, 4.69) is 35.6 Å². The van der Waals surface area contributed by atoms with Crippen LogP contribution in [0.3, 0.4) is 0 Å². The van der Waals surface area contributed by atoms with Crippen LogP contribution in [0.4, 0.5) is 11.5 Å². The Kier molecular flexibility index (Phi) is 4.85. The lowest BCUT2D eigenvalue weighted by molar-refractivity contribution is -0.116. The zero-order valence-electron chi connectivity index (χ0n) is 13.8. The number of carbonyl (C=O) groups excluding carboxylic acids is 1. The average molecular weight is 300 g/mol. The molecule has 0 bridgehead atoms. The van der Waals surface area contributed by atoms with E-state index in [0.29, 0.717) is 0 Å². The van der Waals surface area contributed by atoms with Gasteiger partial charge in [0.1, 0.15) is 11.9 Å². The van der Waals surface area contributed by atoms with Crippen molar-refractivity contribution in [2.45, 2.75) is 46.7 Å². The van der Waals surface area contributed by atoms with Crippen LogP contribution in [0.2, 0.25) is 0 Å². The summed E-state index contributed by atoms with van der Waals surface area (Å²) in [6, 6.07) is 7.71. The molecule has 22 heavy (non-hydrogen) atoms. The number of aryl methyl sites for hydroxylation is 1. The number of hydrogen-bond acceptors (Lipinski definition) is 3. The van der Waals surface area contributed by atoms with Crippen molar-refractivity contribution in [2.75, 3.05) is 10.6 Å². The molecule has 0 unspecified atom stereocenters. The number of nitrogens with one attached hydrogen (secondary N) is 2. The van der Waals surface area contributed by atoms with E-state index >= 15 is 0 Å². The van der Waals surface area contributed by atoms with Crippen LogP contribution in [0.25, 0.3) is 0 Å². The fourth-order valence-electron chi connectivity index (χ4n) is 2.27. The Hall–Kier alpha value is -2.30. The molecule has 0 radical (unpaired) electrons. The number of carbonyl (C=O) groups is 1. The Labute approximate surface area is 131 Å². The minimum absolute atomic E-state index is 0.0803. The highest BCUT2D eigenvalue weighted by atomic mass is 16.2. The van der Waals surface area contributed by atoms with Crippen molar-refractivity contribution in [3.63, 3.8) is 0 Å². The standard InChI is InChI=1S/C17H24N4O/c1-11(2)21-16(9-10-18-21)20-17(22)14(5)19-15-8-6-7-12(3)13(15)4/h6-11,14,19H,1-5H3,(H,20,22)/t14-/m0/s1. The highest BCUT2D eigenvalue weighted by Crippen LogP contribution is 2.19. The fourth-order valence-corrected chi connectivity index (χ4v) is 2.27. The van der Waals surface area contributed by atoms with Gasteiger partial charge in [-0.2, -0.15) is 5.10 Å². The van der Waals surface area contributed by atoms with Gasteiger partial charge in [-0.05, 0) is 51.8 Å². The minimum Gasteiger partial charge on any atom is -0.374 e. The molecule has 2 rings (SSSR count). The second-order valence-electron chi connectivity index (χ2n) is 5.86. The van der Waals surface area contributed by atoms with Crippen LogP contribution in [0.5, 0.6) is 0 Å². The summed E-state index contributed by atoms with van der Waals surface area (Å²) in [6.45, 7) is 10.0. The number of rotatable bonds is 5. The van der Waals surface area contributed by atoms with E-state index in [4.69, 9.17) is 0 Å². The van der Waals surface area contributed by atoms with Gasteiger partial charge >= 0.3 is 0 Å². The second kappa shape index (κ2) is 6.64. The second-order valence-corrected chi connectivity index (χ2v) is 5.86. The van der Waals surface area contributed by atoms with E-state index in [1.807, 2.05) is 39.0 Å². The van der Waals surface area contributed by atoms with Crippen molar-refractivity contribution in [3.8, 4) is 0 Å². The van der Waals surface area contributed by atoms with Crippen LogP contribution in [0.1, 0.15) is 37.9 Å². The SMILES string of the molecule is Cc1cccc(N[C@@H](C)C(=O)Nc2ccnn2C(C)C)c1C. The highest BCUT2D eigenvalue weighted by Gasteiger charge is 2.16. The van der Waals surface area contributed by atoms with Crippen molar-refractivity contribution in [3.05, 3.63) is 41.6 Å². The van der Waals surface area contributed by atoms with E-state index in [1.165, 1.54) is 5.56 Å². The van der Waals surface area contributed by atoms with Crippen LogP contribution in [0.15, 0.2) is 30.5 Å². The molecular formula is C17H24N4O. The number of aromatic nitrogens is 2. The molecule has 118 valence electrons. The molecule has 1 aromatic heterocycles. The predicted octanol–water partition coefficient (Wildman–Crippen LogP) is 3.52. The lowest BCUT2D eigenvalue weighted by Gasteiger charge is -2.18. The molecule has 0 aliphatic rings. The molecule has 0 aliphatic heterocycles. The Bertz CT molecular complexity index is 660. The molecule has 5 heteroatoms. The minimum atomic E-state index is -0.337. The Morgan fingerprint density at radius 1 is 1.18 bits per heavy atom. The molecule has 1 heterocycles. The summed E-state index contributed by atoms with van der Waals surface area (Å²) < 4.78 is 1.79. The Morgan fingerprint density at radius 3 is 2.59 bits per heavy atom. The smallest absolute Gasteiger partial charge is 0.247 e. The first-order chi connectivity index (χ1) is 10.4. The van der Waals surface area contributed by atoms with E-state index < -0.39 is 0 Å². The molecule has 0 spiro atoms. The summed E-state index contributed by atoms with van der Waals surface area (Å²) in [5, 5.41) is 10.4. The molecule has 1 aromatic carbocycles. The predicted molar refractivity (Wildman–Crippen MR) is 90.2 cm³/mol. The lowest BCUT2D eigenvalue weighted by Crippen LogP contribution is -2.33. The van der Waals surface area contributed by atoms with Crippen molar-refractivity contribution < 1.29 is 4.79 Å².